The summed E-state index contributed by atoms with van der Waals surface area (Å²) in [4.78, 5) is 13.4. The van der Waals surface area contributed by atoms with Crippen molar-refractivity contribution in [2.75, 3.05) is 0 Å². The highest BCUT2D eigenvalue weighted by molar-refractivity contribution is 7.17. The van der Waals surface area contributed by atoms with E-state index in [0.717, 1.165) is 26.4 Å². The molecule has 96 valence electrons. The number of Topliss-reactive ketones (excluding diaryl/α,β-unsaturated/α-hetero) is 1. The highest BCUT2D eigenvalue weighted by Crippen LogP contribution is 2.38. The molecule has 0 fully saturated rings. The molecule has 2 aromatic heterocycles. The topological polar surface area (TPSA) is 42.9 Å². The Morgan fingerprint density at radius 1 is 1.26 bits per heavy atom. The van der Waals surface area contributed by atoms with E-state index < -0.39 is 0 Å². The largest absolute Gasteiger partial charge is 0.293 e. The molecule has 0 aliphatic carbocycles. The summed E-state index contributed by atoms with van der Waals surface area (Å²) < 4.78 is 8.51. The highest BCUT2D eigenvalue weighted by Gasteiger charge is 2.15. The molecule has 0 saturated heterocycles. The van der Waals surface area contributed by atoms with Crippen molar-refractivity contribution in [1.82, 2.24) is 8.75 Å². The zero-order valence-corrected chi connectivity index (χ0v) is 12.4. The zero-order chi connectivity index (χ0) is 13.4. The van der Waals surface area contributed by atoms with Gasteiger partial charge in [-0.15, -0.1) is 11.3 Å². The van der Waals surface area contributed by atoms with Crippen molar-refractivity contribution in [3.8, 4) is 10.4 Å². The van der Waals surface area contributed by atoms with Crippen molar-refractivity contribution in [3.05, 3.63) is 34.2 Å². The van der Waals surface area contributed by atoms with Gasteiger partial charge >= 0.3 is 0 Å². The van der Waals surface area contributed by atoms with Gasteiger partial charge in [-0.25, -0.2) is 0 Å². The Hall–Kier alpha value is -1.30. The zero-order valence-electron chi connectivity index (χ0n) is 10.0. The summed E-state index contributed by atoms with van der Waals surface area (Å²) in [6, 6.07) is 7.45. The Balaban J connectivity index is 2.18. The van der Waals surface area contributed by atoms with Crippen LogP contribution in [0.25, 0.3) is 21.5 Å². The van der Waals surface area contributed by atoms with Crippen molar-refractivity contribution in [2.45, 2.75) is 13.3 Å². The predicted molar refractivity (Wildman–Crippen MR) is 80.4 cm³/mol. The molecule has 19 heavy (non-hydrogen) atoms. The average Bonchev–Trinajstić information content (AvgIpc) is 3.06. The third-order valence-electron chi connectivity index (χ3n) is 2.83. The first kappa shape index (κ1) is 12.7. The Labute approximate surface area is 123 Å². The van der Waals surface area contributed by atoms with Gasteiger partial charge in [0.2, 0.25) is 0 Å². The molecular weight excluding hydrogens is 300 g/mol. The van der Waals surface area contributed by atoms with E-state index in [0.29, 0.717) is 11.4 Å². The maximum absolute atomic E-state index is 11.7. The number of halogens is 1. The molecule has 0 saturated carbocycles. The van der Waals surface area contributed by atoms with Gasteiger partial charge < -0.3 is 0 Å². The molecule has 0 spiro atoms. The van der Waals surface area contributed by atoms with Crippen LogP contribution in [0.4, 0.5) is 0 Å². The number of carbonyl (C=O) groups excluding carboxylic acids is 1. The minimum Gasteiger partial charge on any atom is -0.293 e. The number of aromatic nitrogens is 2. The molecule has 0 bridgehead atoms. The molecule has 1 aromatic carbocycles. The Morgan fingerprint density at radius 3 is 2.89 bits per heavy atom. The van der Waals surface area contributed by atoms with Gasteiger partial charge in [0.15, 0.2) is 5.78 Å². The fourth-order valence-electron chi connectivity index (χ4n) is 1.86. The summed E-state index contributed by atoms with van der Waals surface area (Å²) in [6.45, 7) is 1.86. The summed E-state index contributed by atoms with van der Waals surface area (Å²) in [5.41, 5.74) is 2.50. The first-order chi connectivity index (χ1) is 9.20. The number of thiophene rings is 1. The van der Waals surface area contributed by atoms with Crippen molar-refractivity contribution in [3.63, 3.8) is 0 Å². The molecule has 2 heterocycles. The monoisotopic (exact) mass is 308 g/mol. The molecule has 0 radical (unpaired) electrons. The number of nitrogens with zero attached hydrogens (tertiary/aromatic N) is 2. The lowest BCUT2D eigenvalue weighted by Crippen LogP contribution is -1.90. The van der Waals surface area contributed by atoms with Crippen LogP contribution < -0.4 is 0 Å². The molecule has 0 aliphatic rings. The van der Waals surface area contributed by atoms with E-state index >= 15 is 0 Å². The highest BCUT2D eigenvalue weighted by atomic mass is 35.5. The first-order valence-electron chi connectivity index (χ1n) is 5.75. The minimum atomic E-state index is 0.149. The molecular formula is C13H9ClN2OS2. The standard InChI is InChI=1S/C13H9ClN2OS2/c1-2-9(17)10-5-6-11(18-10)12-7(14)3-4-8-13(12)16-19-15-8/h3-6H,2H2,1H3. The van der Waals surface area contributed by atoms with Crippen molar-refractivity contribution in [2.24, 2.45) is 0 Å². The van der Waals surface area contributed by atoms with Crippen LogP contribution in [0.15, 0.2) is 24.3 Å². The molecule has 0 unspecified atom stereocenters. The second-order valence-electron chi connectivity index (χ2n) is 3.99. The summed E-state index contributed by atoms with van der Waals surface area (Å²) in [5.74, 6) is 0.149. The van der Waals surface area contributed by atoms with E-state index in [1.807, 2.05) is 31.2 Å². The molecule has 3 aromatic rings. The van der Waals surface area contributed by atoms with E-state index in [2.05, 4.69) is 8.75 Å². The molecule has 6 heteroatoms. The second-order valence-corrected chi connectivity index (χ2v) is 6.01. The van der Waals surface area contributed by atoms with Gasteiger partial charge in [-0.05, 0) is 24.3 Å². The molecule has 0 N–H and O–H groups in total. The molecule has 3 rings (SSSR count). The maximum Gasteiger partial charge on any atom is 0.172 e. The number of hydrogen-bond acceptors (Lipinski definition) is 5. The van der Waals surface area contributed by atoms with Crippen molar-refractivity contribution < 1.29 is 4.79 Å². The van der Waals surface area contributed by atoms with Gasteiger partial charge in [-0.1, -0.05) is 18.5 Å². The summed E-state index contributed by atoms with van der Waals surface area (Å²) in [7, 11) is 0. The molecule has 0 amide bonds. The lowest BCUT2D eigenvalue weighted by Gasteiger charge is -2.01. The van der Waals surface area contributed by atoms with E-state index in [9.17, 15) is 4.79 Å². The third kappa shape index (κ3) is 2.18. The quantitative estimate of drug-likeness (QED) is 0.661. The van der Waals surface area contributed by atoms with Gasteiger partial charge in [0, 0.05) is 16.9 Å². The number of hydrogen-bond donors (Lipinski definition) is 0. The van der Waals surface area contributed by atoms with Gasteiger partial charge in [0.1, 0.15) is 11.0 Å². The maximum atomic E-state index is 11.7. The predicted octanol–water partition coefficient (Wildman–Crippen LogP) is 4.67. The Morgan fingerprint density at radius 2 is 2.11 bits per heavy atom. The van der Waals surface area contributed by atoms with Gasteiger partial charge in [-0.3, -0.25) is 4.79 Å². The second kappa shape index (κ2) is 5.00. The SMILES string of the molecule is CCC(=O)c1ccc(-c2c(Cl)ccc3nsnc23)s1. The van der Waals surface area contributed by atoms with Crippen LogP contribution in [0.5, 0.6) is 0 Å². The van der Waals surface area contributed by atoms with Crippen molar-refractivity contribution >= 4 is 51.5 Å². The van der Waals surface area contributed by atoms with Crippen LogP contribution in [0, 0.1) is 0 Å². The van der Waals surface area contributed by atoms with Crippen LogP contribution in [0.2, 0.25) is 5.02 Å². The molecule has 3 nitrogen and oxygen atoms in total. The van der Waals surface area contributed by atoms with Crippen LogP contribution in [-0.4, -0.2) is 14.5 Å². The number of ketones is 1. The Bertz CT molecular complexity index is 763. The molecule has 0 aliphatic heterocycles. The third-order valence-corrected chi connectivity index (χ3v) is 4.83. The first-order valence-corrected chi connectivity index (χ1v) is 7.67. The van der Waals surface area contributed by atoms with E-state index in [1.54, 1.807) is 0 Å². The minimum absolute atomic E-state index is 0.149. The fraction of sp³-hybridized carbons (Fsp3) is 0.154. The normalized spacial score (nSPS) is 11.1. The number of rotatable bonds is 3. The van der Waals surface area contributed by atoms with Crippen LogP contribution in [0.3, 0.4) is 0 Å². The molecule has 0 atom stereocenters. The van der Waals surface area contributed by atoms with Crippen LogP contribution in [-0.2, 0) is 0 Å². The lowest BCUT2D eigenvalue weighted by molar-refractivity contribution is 0.0992. The van der Waals surface area contributed by atoms with E-state index in [4.69, 9.17) is 11.6 Å². The van der Waals surface area contributed by atoms with Crippen molar-refractivity contribution in [1.29, 1.82) is 0 Å². The fourth-order valence-corrected chi connectivity index (χ4v) is 3.79. The lowest BCUT2D eigenvalue weighted by atomic mass is 10.1. The van der Waals surface area contributed by atoms with Gasteiger partial charge in [-0.2, -0.15) is 8.75 Å². The summed E-state index contributed by atoms with van der Waals surface area (Å²) in [5, 5.41) is 0.637. The van der Waals surface area contributed by atoms with E-state index in [1.165, 1.54) is 23.1 Å². The van der Waals surface area contributed by atoms with Gasteiger partial charge in [0.05, 0.1) is 21.6 Å². The number of fused-ring (bicyclic) bond motifs is 1. The number of benzene rings is 1. The van der Waals surface area contributed by atoms with Crippen LogP contribution in [0.1, 0.15) is 23.0 Å². The van der Waals surface area contributed by atoms with Gasteiger partial charge in [0.25, 0.3) is 0 Å². The smallest absolute Gasteiger partial charge is 0.172 e. The summed E-state index contributed by atoms with van der Waals surface area (Å²) in [6.07, 6.45) is 0.510. The van der Waals surface area contributed by atoms with E-state index in [-0.39, 0.29) is 5.78 Å². The Kier molecular flexibility index (Phi) is 3.35. The van der Waals surface area contributed by atoms with Crippen LogP contribution >= 0.6 is 34.7 Å². The number of carbonyl (C=O) groups is 1. The summed E-state index contributed by atoms with van der Waals surface area (Å²) >= 11 is 8.90. The average molecular weight is 309 g/mol.